The van der Waals surface area contributed by atoms with Gasteiger partial charge >= 0.3 is 0 Å². The third-order valence-corrected chi connectivity index (χ3v) is 7.60. The molecule has 4 rings (SSSR count). The van der Waals surface area contributed by atoms with E-state index in [9.17, 15) is 9.59 Å². The molecule has 0 radical (unpaired) electrons. The third-order valence-electron chi connectivity index (χ3n) is 6.60. The second kappa shape index (κ2) is 10.5. The summed E-state index contributed by atoms with van der Waals surface area (Å²) >= 11 is 1.74. The molecule has 0 saturated carbocycles. The lowest BCUT2D eigenvalue weighted by Gasteiger charge is -2.39. The van der Waals surface area contributed by atoms with E-state index in [2.05, 4.69) is 30.5 Å². The van der Waals surface area contributed by atoms with Gasteiger partial charge < -0.3 is 19.3 Å². The molecule has 3 aromatic rings. The first-order valence-electron chi connectivity index (χ1n) is 11.8. The Balaban J connectivity index is 1.68. The molecular weight excluding hydrogens is 460 g/mol. The Hall–Kier alpha value is -3.32. The molecule has 7 heteroatoms. The van der Waals surface area contributed by atoms with Gasteiger partial charge in [-0.3, -0.25) is 9.59 Å². The van der Waals surface area contributed by atoms with Gasteiger partial charge in [-0.15, -0.1) is 11.3 Å². The number of fused-ring (bicyclic) bond motifs is 1. The molecule has 1 unspecified atom stereocenters. The molecule has 2 amide bonds. The van der Waals surface area contributed by atoms with E-state index in [1.54, 1.807) is 34.4 Å². The van der Waals surface area contributed by atoms with Crippen LogP contribution in [0.4, 0.5) is 0 Å². The standard InChI is InChI=1S/C28H32N2O4S/c1-18(2)30(28(32)26-22(33-4)11-8-12-23(26)34-5)17-25(31)29-15-13-24-21(14-16-35-24)27(29)20-10-7-6-9-19(20)3/h6-12,14,16,18,27H,13,15,17H2,1-5H3. The molecule has 35 heavy (non-hydrogen) atoms. The predicted octanol–water partition coefficient (Wildman–Crippen LogP) is 5.10. The minimum atomic E-state index is -0.289. The monoisotopic (exact) mass is 492 g/mol. The average Bonchev–Trinajstić information content (AvgIpc) is 3.35. The molecular formula is C28H32N2O4S. The molecule has 0 N–H and O–H groups in total. The number of carbonyl (C=O) groups excluding carboxylic acids is 2. The van der Waals surface area contributed by atoms with Crippen molar-refractivity contribution in [1.29, 1.82) is 0 Å². The largest absolute Gasteiger partial charge is 0.496 e. The Morgan fingerprint density at radius 1 is 1.03 bits per heavy atom. The van der Waals surface area contributed by atoms with Crippen LogP contribution >= 0.6 is 11.3 Å². The second-order valence-electron chi connectivity index (χ2n) is 8.96. The maximum absolute atomic E-state index is 13.9. The number of thiophene rings is 1. The van der Waals surface area contributed by atoms with E-state index >= 15 is 0 Å². The van der Waals surface area contributed by atoms with Gasteiger partial charge in [-0.25, -0.2) is 0 Å². The molecule has 1 atom stereocenters. The van der Waals surface area contributed by atoms with Gasteiger partial charge in [0, 0.05) is 17.5 Å². The summed E-state index contributed by atoms with van der Waals surface area (Å²) < 4.78 is 10.9. The third kappa shape index (κ3) is 4.78. The average molecular weight is 493 g/mol. The van der Waals surface area contributed by atoms with Crippen molar-refractivity contribution in [1.82, 2.24) is 9.80 Å². The molecule has 0 aliphatic carbocycles. The lowest BCUT2D eigenvalue weighted by atomic mass is 9.90. The molecule has 1 aliphatic rings. The van der Waals surface area contributed by atoms with Gasteiger partial charge in [-0.1, -0.05) is 30.3 Å². The highest BCUT2D eigenvalue weighted by Crippen LogP contribution is 2.39. The Kier molecular flexibility index (Phi) is 7.45. The van der Waals surface area contributed by atoms with Crippen LogP contribution in [0.15, 0.2) is 53.9 Å². The van der Waals surface area contributed by atoms with Gasteiger partial charge in [0.1, 0.15) is 23.6 Å². The van der Waals surface area contributed by atoms with E-state index in [1.165, 1.54) is 24.7 Å². The van der Waals surface area contributed by atoms with Crippen LogP contribution in [-0.4, -0.2) is 55.0 Å². The van der Waals surface area contributed by atoms with Crippen molar-refractivity contribution < 1.29 is 19.1 Å². The first-order chi connectivity index (χ1) is 16.9. The number of amides is 2. The van der Waals surface area contributed by atoms with Crippen LogP contribution in [0.25, 0.3) is 0 Å². The van der Waals surface area contributed by atoms with Crippen molar-refractivity contribution in [2.24, 2.45) is 0 Å². The molecule has 2 heterocycles. The van der Waals surface area contributed by atoms with Crippen molar-refractivity contribution in [2.45, 2.75) is 39.3 Å². The van der Waals surface area contributed by atoms with Gasteiger partial charge in [0.05, 0.1) is 20.3 Å². The van der Waals surface area contributed by atoms with Crippen LogP contribution < -0.4 is 9.47 Å². The van der Waals surface area contributed by atoms with E-state index in [-0.39, 0.29) is 30.4 Å². The fourth-order valence-electron chi connectivity index (χ4n) is 4.75. The normalized spacial score (nSPS) is 15.0. The van der Waals surface area contributed by atoms with Gasteiger partial charge in [0.2, 0.25) is 5.91 Å². The highest BCUT2D eigenvalue weighted by atomic mass is 32.1. The van der Waals surface area contributed by atoms with E-state index in [1.807, 2.05) is 30.9 Å². The quantitative estimate of drug-likeness (QED) is 0.461. The van der Waals surface area contributed by atoms with E-state index in [0.717, 1.165) is 17.5 Å². The molecule has 1 aromatic heterocycles. The van der Waals surface area contributed by atoms with Crippen LogP contribution in [0.3, 0.4) is 0 Å². The van der Waals surface area contributed by atoms with Crippen molar-refractivity contribution in [3.8, 4) is 11.5 Å². The summed E-state index contributed by atoms with van der Waals surface area (Å²) in [5.74, 6) is 0.478. The number of benzene rings is 2. The van der Waals surface area contributed by atoms with Gasteiger partial charge in [-0.2, -0.15) is 0 Å². The maximum Gasteiger partial charge on any atom is 0.262 e. The summed E-state index contributed by atoms with van der Waals surface area (Å²) in [4.78, 5) is 32.4. The van der Waals surface area contributed by atoms with E-state index < -0.39 is 0 Å². The molecule has 0 fully saturated rings. The van der Waals surface area contributed by atoms with Crippen molar-refractivity contribution in [2.75, 3.05) is 27.3 Å². The van der Waals surface area contributed by atoms with Crippen molar-refractivity contribution >= 4 is 23.2 Å². The summed E-state index contributed by atoms with van der Waals surface area (Å²) in [6.07, 6.45) is 0.817. The fourth-order valence-corrected chi connectivity index (χ4v) is 5.65. The number of carbonyl (C=O) groups is 2. The van der Waals surface area contributed by atoms with Crippen LogP contribution in [0.2, 0.25) is 0 Å². The summed E-state index contributed by atoms with van der Waals surface area (Å²) in [5.41, 5.74) is 3.77. The Labute approximate surface area is 211 Å². The van der Waals surface area contributed by atoms with Gasteiger partial charge in [0.15, 0.2) is 0 Å². The van der Waals surface area contributed by atoms with Crippen molar-refractivity contribution in [3.05, 3.63) is 81.0 Å². The number of rotatable bonds is 7. The zero-order chi connectivity index (χ0) is 25.1. The number of hydrogen-bond donors (Lipinski definition) is 0. The van der Waals surface area contributed by atoms with Gasteiger partial charge in [-0.05, 0) is 67.5 Å². The van der Waals surface area contributed by atoms with Crippen LogP contribution in [-0.2, 0) is 11.2 Å². The van der Waals surface area contributed by atoms with Crippen LogP contribution in [0.5, 0.6) is 11.5 Å². The Morgan fingerprint density at radius 3 is 2.34 bits per heavy atom. The first kappa shape index (κ1) is 24.8. The molecule has 6 nitrogen and oxygen atoms in total. The van der Waals surface area contributed by atoms with E-state index in [4.69, 9.17) is 9.47 Å². The molecule has 1 aliphatic heterocycles. The SMILES string of the molecule is COc1cccc(OC)c1C(=O)N(CC(=O)N1CCc2sccc2C1c1ccccc1C)C(C)C. The maximum atomic E-state index is 13.9. The number of aryl methyl sites for hydroxylation is 1. The Morgan fingerprint density at radius 2 is 1.71 bits per heavy atom. The lowest BCUT2D eigenvalue weighted by molar-refractivity contribution is -0.134. The number of ether oxygens (including phenoxy) is 2. The zero-order valence-corrected chi connectivity index (χ0v) is 21.7. The minimum absolute atomic E-state index is 0.0282. The van der Waals surface area contributed by atoms with Crippen molar-refractivity contribution in [3.63, 3.8) is 0 Å². The summed E-state index contributed by atoms with van der Waals surface area (Å²) in [6, 6.07) is 15.2. The number of methoxy groups -OCH3 is 2. The molecule has 2 aromatic carbocycles. The Bertz CT molecular complexity index is 1200. The number of nitrogens with zero attached hydrogens (tertiary/aromatic N) is 2. The smallest absolute Gasteiger partial charge is 0.262 e. The summed E-state index contributed by atoms with van der Waals surface area (Å²) in [5, 5.41) is 2.10. The fraction of sp³-hybridized carbons (Fsp3) is 0.357. The molecule has 0 saturated heterocycles. The van der Waals surface area contributed by atoms with Crippen LogP contribution in [0, 0.1) is 6.92 Å². The minimum Gasteiger partial charge on any atom is -0.496 e. The summed E-state index contributed by atoms with van der Waals surface area (Å²) in [6.45, 7) is 6.50. The topological polar surface area (TPSA) is 59.1 Å². The van der Waals surface area contributed by atoms with Gasteiger partial charge in [0.25, 0.3) is 5.91 Å². The van der Waals surface area contributed by atoms with Crippen LogP contribution in [0.1, 0.15) is 51.8 Å². The lowest BCUT2D eigenvalue weighted by Crippen LogP contribution is -2.48. The molecule has 0 spiro atoms. The zero-order valence-electron chi connectivity index (χ0n) is 20.9. The summed E-state index contributed by atoms with van der Waals surface area (Å²) in [7, 11) is 3.05. The highest BCUT2D eigenvalue weighted by molar-refractivity contribution is 7.10. The second-order valence-corrected chi connectivity index (χ2v) is 9.96. The first-order valence-corrected chi connectivity index (χ1v) is 12.7. The molecule has 0 bridgehead atoms. The van der Waals surface area contributed by atoms with E-state index in [0.29, 0.717) is 23.6 Å². The molecule has 184 valence electrons. The predicted molar refractivity (Wildman–Crippen MR) is 138 cm³/mol. The highest BCUT2D eigenvalue weighted by Gasteiger charge is 2.36. The number of hydrogen-bond acceptors (Lipinski definition) is 5.